The molecular formula is C9H13N3O2. The van der Waals surface area contributed by atoms with Crippen molar-refractivity contribution >= 4 is 5.91 Å². The normalized spacial score (nSPS) is 9.93. The maximum absolute atomic E-state index is 10.8. The van der Waals surface area contributed by atoms with Gasteiger partial charge in [0.25, 0.3) is 0 Å². The molecule has 0 unspecified atom stereocenters. The summed E-state index contributed by atoms with van der Waals surface area (Å²) in [5.74, 6) is -0.396. The first-order valence-electron chi connectivity index (χ1n) is 4.29. The van der Waals surface area contributed by atoms with Crippen LogP contribution in [0.3, 0.4) is 0 Å². The molecule has 0 bridgehead atoms. The van der Waals surface area contributed by atoms with Gasteiger partial charge in [0.2, 0.25) is 5.91 Å². The van der Waals surface area contributed by atoms with Gasteiger partial charge in [0.05, 0.1) is 0 Å². The molecule has 0 atom stereocenters. The predicted molar refractivity (Wildman–Crippen MR) is 50.4 cm³/mol. The highest BCUT2D eigenvalue weighted by atomic mass is 16.3. The minimum Gasteiger partial charge on any atom is -0.387 e. The van der Waals surface area contributed by atoms with Crippen molar-refractivity contribution in [2.45, 2.75) is 20.4 Å². The van der Waals surface area contributed by atoms with E-state index in [9.17, 15) is 4.79 Å². The van der Waals surface area contributed by atoms with Crippen molar-refractivity contribution < 1.29 is 9.90 Å². The molecule has 0 aliphatic heterocycles. The summed E-state index contributed by atoms with van der Waals surface area (Å²) in [7, 11) is 0. The summed E-state index contributed by atoms with van der Waals surface area (Å²) in [6.45, 7) is 3.58. The highest BCUT2D eigenvalue weighted by Gasteiger charge is 2.05. The van der Waals surface area contributed by atoms with Crippen molar-refractivity contribution in [1.82, 2.24) is 15.3 Å². The Morgan fingerprint density at radius 3 is 2.50 bits per heavy atom. The van der Waals surface area contributed by atoms with E-state index in [1.54, 1.807) is 0 Å². The number of nitrogens with zero attached hydrogens (tertiary/aromatic N) is 2. The van der Waals surface area contributed by atoms with Gasteiger partial charge in [-0.05, 0) is 13.8 Å². The molecule has 1 rings (SSSR count). The predicted octanol–water partition coefficient (Wildman–Crippen LogP) is -0.298. The Hall–Kier alpha value is -1.49. The van der Waals surface area contributed by atoms with Gasteiger partial charge in [-0.1, -0.05) is 0 Å². The van der Waals surface area contributed by atoms with E-state index in [1.165, 1.54) is 6.33 Å². The average molecular weight is 195 g/mol. The fraction of sp³-hybridized carbons (Fsp3) is 0.444. The van der Waals surface area contributed by atoms with E-state index in [0.717, 1.165) is 17.0 Å². The molecule has 0 saturated heterocycles. The van der Waals surface area contributed by atoms with Crippen LogP contribution in [0.4, 0.5) is 0 Å². The van der Waals surface area contributed by atoms with E-state index in [-0.39, 0.29) is 0 Å². The van der Waals surface area contributed by atoms with Crippen LogP contribution in [0.1, 0.15) is 17.0 Å². The summed E-state index contributed by atoms with van der Waals surface area (Å²) in [4.78, 5) is 18.8. The third-order valence-electron chi connectivity index (χ3n) is 1.98. The molecule has 1 aromatic rings. The third kappa shape index (κ3) is 2.50. The van der Waals surface area contributed by atoms with Gasteiger partial charge in [0, 0.05) is 23.5 Å². The molecule has 1 aromatic heterocycles. The molecule has 76 valence electrons. The lowest BCUT2D eigenvalue weighted by atomic mass is 10.2. The standard InChI is InChI=1S/C9H13N3O2/c1-6-8(3-10-9(14)4-13)7(2)12-5-11-6/h5,13H,3-4H2,1-2H3,(H,10,14). The van der Waals surface area contributed by atoms with E-state index in [0.29, 0.717) is 6.54 Å². The highest BCUT2D eigenvalue weighted by Crippen LogP contribution is 2.06. The Bertz CT molecular complexity index is 319. The zero-order chi connectivity index (χ0) is 10.6. The molecule has 0 aliphatic carbocycles. The van der Waals surface area contributed by atoms with Crippen LogP contribution in [0.25, 0.3) is 0 Å². The molecule has 0 aliphatic rings. The largest absolute Gasteiger partial charge is 0.387 e. The van der Waals surface area contributed by atoms with Gasteiger partial charge in [-0.15, -0.1) is 0 Å². The fourth-order valence-electron chi connectivity index (χ4n) is 1.12. The first kappa shape index (κ1) is 10.6. The van der Waals surface area contributed by atoms with Gasteiger partial charge in [-0.2, -0.15) is 0 Å². The van der Waals surface area contributed by atoms with Crippen LogP contribution in [0.2, 0.25) is 0 Å². The minimum atomic E-state index is -0.494. The van der Waals surface area contributed by atoms with Gasteiger partial charge in [0.1, 0.15) is 12.9 Å². The minimum absolute atomic E-state index is 0.359. The molecule has 2 N–H and O–H groups in total. The van der Waals surface area contributed by atoms with Gasteiger partial charge >= 0.3 is 0 Å². The van der Waals surface area contributed by atoms with Crippen LogP contribution in [-0.2, 0) is 11.3 Å². The zero-order valence-corrected chi connectivity index (χ0v) is 8.24. The number of amides is 1. The van der Waals surface area contributed by atoms with Gasteiger partial charge in [0.15, 0.2) is 0 Å². The summed E-state index contributed by atoms with van der Waals surface area (Å²) in [5.41, 5.74) is 2.58. The smallest absolute Gasteiger partial charge is 0.245 e. The van der Waals surface area contributed by atoms with Crippen molar-refractivity contribution in [2.24, 2.45) is 0 Å². The van der Waals surface area contributed by atoms with Crippen molar-refractivity contribution in [3.8, 4) is 0 Å². The molecule has 5 nitrogen and oxygen atoms in total. The molecule has 0 radical (unpaired) electrons. The lowest BCUT2D eigenvalue weighted by molar-refractivity contribution is -0.123. The summed E-state index contributed by atoms with van der Waals surface area (Å²) in [6, 6.07) is 0. The average Bonchev–Trinajstić information content (AvgIpc) is 2.16. The molecule has 0 spiro atoms. The van der Waals surface area contributed by atoms with Gasteiger partial charge < -0.3 is 10.4 Å². The number of hydrogen-bond acceptors (Lipinski definition) is 4. The van der Waals surface area contributed by atoms with Crippen molar-refractivity contribution in [3.63, 3.8) is 0 Å². The van der Waals surface area contributed by atoms with Crippen molar-refractivity contribution in [2.75, 3.05) is 6.61 Å². The van der Waals surface area contributed by atoms with E-state index in [4.69, 9.17) is 5.11 Å². The second-order valence-electron chi connectivity index (χ2n) is 2.96. The number of rotatable bonds is 3. The van der Waals surface area contributed by atoms with E-state index >= 15 is 0 Å². The Balaban J connectivity index is 2.71. The number of aryl methyl sites for hydroxylation is 2. The number of aromatic nitrogens is 2. The number of carbonyl (C=O) groups excluding carboxylic acids is 1. The fourth-order valence-corrected chi connectivity index (χ4v) is 1.12. The van der Waals surface area contributed by atoms with Crippen molar-refractivity contribution in [1.29, 1.82) is 0 Å². The molecule has 0 saturated carbocycles. The van der Waals surface area contributed by atoms with Crippen LogP contribution in [0, 0.1) is 13.8 Å². The van der Waals surface area contributed by atoms with E-state index < -0.39 is 12.5 Å². The maximum atomic E-state index is 10.8. The van der Waals surface area contributed by atoms with Crippen LogP contribution in [0.5, 0.6) is 0 Å². The quantitative estimate of drug-likeness (QED) is 0.694. The van der Waals surface area contributed by atoms with E-state index in [2.05, 4.69) is 15.3 Å². The van der Waals surface area contributed by atoms with Crippen LogP contribution in [-0.4, -0.2) is 27.6 Å². The summed E-state index contributed by atoms with van der Waals surface area (Å²) >= 11 is 0. The number of hydrogen-bond donors (Lipinski definition) is 2. The van der Waals surface area contributed by atoms with E-state index in [1.807, 2.05) is 13.8 Å². The number of nitrogens with one attached hydrogen (secondary N) is 1. The second kappa shape index (κ2) is 4.66. The summed E-state index contributed by atoms with van der Waals surface area (Å²) in [5, 5.41) is 11.1. The Labute approximate surface area is 82.2 Å². The summed E-state index contributed by atoms with van der Waals surface area (Å²) in [6.07, 6.45) is 1.49. The first-order valence-corrected chi connectivity index (χ1v) is 4.29. The second-order valence-corrected chi connectivity index (χ2v) is 2.96. The molecule has 1 amide bonds. The molecular weight excluding hydrogens is 182 g/mol. The molecule has 1 heterocycles. The third-order valence-corrected chi connectivity index (χ3v) is 1.98. The molecule has 0 aromatic carbocycles. The van der Waals surface area contributed by atoms with Crippen LogP contribution >= 0.6 is 0 Å². The molecule has 5 heteroatoms. The SMILES string of the molecule is Cc1ncnc(C)c1CNC(=O)CO. The highest BCUT2D eigenvalue weighted by molar-refractivity contribution is 5.76. The zero-order valence-electron chi connectivity index (χ0n) is 8.24. The monoisotopic (exact) mass is 195 g/mol. The van der Waals surface area contributed by atoms with Gasteiger partial charge in [-0.3, -0.25) is 4.79 Å². The Kier molecular flexibility index (Phi) is 3.53. The first-order chi connectivity index (χ1) is 6.65. The van der Waals surface area contributed by atoms with Crippen LogP contribution in [0.15, 0.2) is 6.33 Å². The lowest BCUT2D eigenvalue weighted by Gasteiger charge is -2.08. The maximum Gasteiger partial charge on any atom is 0.245 e. The van der Waals surface area contributed by atoms with Gasteiger partial charge in [-0.25, -0.2) is 9.97 Å². The number of carbonyl (C=O) groups is 1. The molecule has 0 fully saturated rings. The lowest BCUT2D eigenvalue weighted by Crippen LogP contribution is -2.26. The Morgan fingerprint density at radius 1 is 1.43 bits per heavy atom. The number of aliphatic hydroxyl groups excluding tert-OH is 1. The number of aliphatic hydroxyl groups is 1. The summed E-state index contributed by atoms with van der Waals surface area (Å²) < 4.78 is 0. The van der Waals surface area contributed by atoms with Crippen molar-refractivity contribution in [3.05, 3.63) is 23.3 Å². The topological polar surface area (TPSA) is 75.1 Å². The Morgan fingerprint density at radius 2 is 2.00 bits per heavy atom. The van der Waals surface area contributed by atoms with Crippen LogP contribution < -0.4 is 5.32 Å². The molecule has 14 heavy (non-hydrogen) atoms.